The molecule has 1 aromatic heterocycles. The highest BCUT2D eigenvalue weighted by Gasteiger charge is 2.18. The third kappa shape index (κ3) is 2.39. The summed E-state index contributed by atoms with van der Waals surface area (Å²) in [5, 5.41) is 0. The van der Waals surface area contributed by atoms with E-state index in [1.807, 2.05) is 4.57 Å². The number of fused-ring (bicyclic) bond motifs is 1. The SMILES string of the molecule is CCC(C)C(C)n1c(=S)[nH]c2cc(F)c(OC)cc21. The van der Waals surface area contributed by atoms with Gasteiger partial charge in [-0.2, -0.15) is 0 Å². The molecule has 0 aliphatic rings. The predicted octanol–water partition coefficient (Wildman–Crippen LogP) is 4.45. The van der Waals surface area contributed by atoms with Crippen LogP contribution in [0.5, 0.6) is 5.75 Å². The van der Waals surface area contributed by atoms with Gasteiger partial charge in [-0.15, -0.1) is 0 Å². The molecule has 0 saturated carbocycles. The summed E-state index contributed by atoms with van der Waals surface area (Å²) in [5.74, 6) is 0.350. The van der Waals surface area contributed by atoms with Crippen LogP contribution in [-0.4, -0.2) is 16.7 Å². The number of H-pyrrole nitrogens is 1. The van der Waals surface area contributed by atoms with Crippen LogP contribution in [0.1, 0.15) is 33.2 Å². The van der Waals surface area contributed by atoms with Crippen LogP contribution in [0, 0.1) is 16.5 Å². The summed E-state index contributed by atoms with van der Waals surface area (Å²) >= 11 is 5.36. The zero-order chi connectivity index (χ0) is 14.2. The van der Waals surface area contributed by atoms with Gasteiger partial charge in [0.15, 0.2) is 16.3 Å². The number of benzene rings is 1. The topological polar surface area (TPSA) is 29.9 Å². The maximum Gasteiger partial charge on any atom is 0.178 e. The fraction of sp³-hybridized carbons (Fsp3) is 0.500. The molecule has 0 bridgehead atoms. The smallest absolute Gasteiger partial charge is 0.178 e. The van der Waals surface area contributed by atoms with Crippen LogP contribution in [-0.2, 0) is 0 Å². The molecule has 0 spiro atoms. The molecule has 0 fully saturated rings. The highest BCUT2D eigenvalue weighted by atomic mass is 32.1. The van der Waals surface area contributed by atoms with E-state index in [0.29, 0.717) is 16.2 Å². The van der Waals surface area contributed by atoms with Gasteiger partial charge in [-0.25, -0.2) is 4.39 Å². The van der Waals surface area contributed by atoms with Crippen molar-refractivity contribution in [3.8, 4) is 5.75 Å². The number of imidazole rings is 1. The summed E-state index contributed by atoms with van der Waals surface area (Å²) in [7, 11) is 1.47. The van der Waals surface area contributed by atoms with Crippen molar-refractivity contribution in [2.75, 3.05) is 7.11 Å². The molecule has 0 radical (unpaired) electrons. The number of aromatic amines is 1. The molecule has 0 aliphatic carbocycles. The molecule has 1 aromatic carbocycles. The Bertz CT molecular complexity index is 647. The van der Waals surface area contributed by atoms with E-state index in [0.717, 1.165) is 11.9 Å². The van der Waals surface area contributed by atoms with Gasteiger partial charge in [-0.1, -0.05) is 20.3 Å². The van der Waals surface area contributed by atoms with Crippen molar-refractivity contribution in [2.24, 2.45) is 5.92 Å². The van der Waals surface area contributed by atoms with Gasteiger partial charge in [0, 0.05) is 18.2 Å². The van der Waals surface area contributed by atoms with Crippen LogP contribution < -0.4 is 4.74 Å². The second-order valence-corrected chi connectivity index (χ2v) is 5.32. The zero-order valence-corrected chi connectivity index (χ0v) is 12.5. The first-order valence-corrected chi connectivity index (χ1v) is 6.88. The van der Waals surface area contributed by atoms with Gasteiger partial charge < -0.3 is 14.3 Å². The highest BCUT2D eigenvalue weighted by Crippen LogP contribution is 2.29. The number of aromatic nitrogens is 2. The summed E-state index contributed by atoms with van der Waals surface area (Å²) in [6, 6.07) is 3.39. The molecule has 3 nitrogen and oxygen atoms in total. The van der Waals surface area contributed by atoms with Crippen LogP contribution in [0.25, 0.3) is 11.0 Å². The quantitative estimate of drug-likeness (QED) is 0.839. The van der Waals surface area contributed by atoms with Gasteiger partial charge in [-0.05, 0) is 25.1 Å². The summed E-state index contributed by atoms with van der Waals surface area (Å²) in [4.78, 5) is 3.06. The lowest BCUT2D eigenvalue weighted by Crippen LogP contribution is -2.13. The summed E-state index contributed by atoms with van der Waals surface area (Å²) in [5.41, 5.74) is 1.59. The monoisotopic (exact) mass is 282 g/mol. The molecule has 2 atom stereocenters. The van der Waals surface area contributed by atoms with Crippen LogP contribution in [0.4, 0.5) is 4.39 Å². The zero-order valence-electron chi connectivity index (χ0n) is 11.7. The lowest BCUT2D eigenvalue weighted by Gasteiger charge is -2.21. The minimum Gasteiger partial charge on any atom is -0.494 e. The van der Waals surface area contributed by atoms with Crippen LogP contribution >= 0.6 is 12.2 Å². The minimum atomic E-state index is -0.380. The van der Waals surface area contributed by atoms with Gasteiger partial charge in [0.2, 0.25) is 0 Å². The first-order valence-electron chi connectivity index (χ1n) is 6.47. The van der Waals surface area contributed by atoms with E-state index in [1.165, 1.54) is 13.2 Å². The van der Waals surface area contributed by atoms with Crippen molar-refractivity contribution in [3.63, 3.8) is 0 Å². The lowest BCUT2D eigenvalue weighted by molar-refractivity contribution is 0.372. The number of nitrogens with zero attached hydrogens (tertiary/aromatic N) is 1. The van der Waals surface area contributed by atoms with Gasteiger partial charge in [0.1, 0.15) is 0 Å². The number of halogens is 1. The van der Waals surface area contributed by atoms with E-state index >= 15 is 0 Å². The average molecular weight is 282 g/mol. The summed E-state index contributed by atoms with van der Waals surface area (Å²) < 4.78 is 21.4. The van der Waals surface area contributed by atoms with Crippen molar-refractivity contribution < 1.29 is 9.13 Å². The Balaban J connectivity index is 2.67. The van der Waals surface area contributed by atoms with E-state index in [1.54, 1.807) is 6.07 Å². The molecular weight excluding hydrogens is 263 g/mol. The van der Waals surface area contributed by atoms with E-state index in [4.69, 9.17) is 17.0 Å². The molecule has 19 heavy (non-hydrogen) atoms. The van der Waals surface area contributed by atoms with Crippen LogP contribution in [0.15, 0.2) is 12.1 Å². The van der Waals surface area contributed by atoms with Crippen molar-refractivity contribution >= 4 is 23.3 Å². The Morgan fingerprint density at radius 1 is 1.42 bits per heavy atom. The molecule has 1 heterocycles. The van der Waals surface area contributed by atoms with Gasteiger partial charge in [0.05, 0.1) is 18.1 Å². The first-order chi connectivity index (χ1) is 8.99. The Kier molecular flexibility index (Phi) is 3.94. The number of hydrogen-bond donors (Lipinski definition) is 1. The standard InChI is InChI=1S/C14H19FN2OS/c1-5-8(2)9(3)17-12-7-13(18-4)10(15)6-11(12)16-14(17)19/h6-9H,5H2,1-4H3,(H,16,19). The van der Waals surface area contributed by atoms with Gasteiger partial charge in [-0.3, -0.25) is 0 Å². The van der Waals surface area contributed by atoms with Gasteiger partial charge >= 0.3 is 0 Å². The number of methoxy groups -OCH3 is 1. The summed E-state index contributed by atoms with van der Waals surface area (Å²) in [6.45, 7) is 6.47. The third-order valence-electron chi connectivity index (χ3n) is 3.86. The maximum atomic E-state index is 13.7. The highest BCUT2D eigenvalue weighted by molar-refractivity contribution is 7.71. The molecule has 0 amide bonds. The van der Waals surface area contributed by atoms with E-state index in [-0.39, 0.29) is 17.6 Å². The number of hydrogen-bond acceptors (Lipinski definition) is 2. The largest absolute Gasteiger partial charge is 0.494 e. The Morgan fingerprint density at radius 2 is 2.11 bits per heavy atom. The third-order valence-corrected chi connectivity index (χ3v) is 4.16. The fourth-order valence-corrected chi connectivity index (χ4v) is 2.66. The molecule has 2 aromatic rings. The lowest BCUT2D eigenvalue weighted by atomic mass is 10.0. The molecule has 0 saturated heterocycles. The maximum absolute atomic E-state index is 13.7. The molecular formula is C14H19FN2OS. The second kappa shape index (κ2) is 5.33. The molecule has 2 unspecified atom stereocenters. The van der Waals surface area contributed by atoms with Crippen molar-refractivity contribution in [1.82, 2.24) is 9.55 Å². The second-order valence-electron chi connectivity index (χ2n) is 4.93. The predicted molar refractivity (Wildman–Crippen MR) is 77.8 cm³/mol. The molecule has 1 N–H and O–H groups in total. The number of rotatable bonds is 4. The van der Waals surface area contributed by atoms with Crippen LogP contribution in [0.2, 0.25) is 0 Å². The van der Waals surface area contributed by atoms with Crippen molar-refractivity contribution in [2.45, 2.75) is 33.2 Å². The average Bonchev–Trinajstić information content (AvgIpc) is 2.70. The minimum absolute atomic E-state index is 0.242. The van der Waals surface area contributed by atoms with E-state index in [9.17, 15) is 4.39 Å². The Morgan fingerprint density at radius 3 is 2.68 bits per heavy atom. The first kappa shape index (κ1) is 14.1. The number of nitrogens with one attached hydrogen (secondary N) is 1. The molecule has 5 heteroatoms. The van der Waals surface area contributed by atoms with Crippen molar-refractivity contribution in [1.29, 1.82) is 0 Å². The molecule has 104 valence electrons. The van der Waals surface area contributed by atoms with Crippen molar-refractivity contribution in [3.05, 3.63) is 22.7 Å². The number of ether oxygens (including phenoxy) is 1. The van der Waals surface area contributed by atoms with Gasteiger partial charge in [0.25, 0.3) is 0 Å². The molecule has 2 rings (SSSR count). The summed E-state index contributed by atoms with van der Waals surface area (Å²) in [6.07, 6.45) is 1.06. The van der Waals surface area contributed by atoms with E-state index in [2.05, 4.69) is 25.8 Å². The van der Waals surface area contributed by atoms with Crippen LogP contribution in [0.3, 0.4) is 0 Å². The molecule has 0 aliphatic heterocycles. The Labute approximate surface area is 117 Å². The van der Waals surface area contributed by atoms with E-state index < -0.39 is 0 Å². The Hall–Kier alpha value is -1.36. The fourth-order valence-electron chi connectivity index (χ4n) is 2.28. The normalized spacial score (nSPS) is 14.6.